The summed E-state index contributed by atoms with van der Waals surface area (Å²) in [6.07, 6.45) is 0.677. The molecule has 2 N–H and O–H groups in total. The van der Waals surface area contributed by atoms with Crippen molar-refractivity contribution in [3.05, 3.63) is 35.4 Å². The van der Waals surface area contributed by atoms with Crippen LogP contribution in [-0.4, -0.2) is 47.5 Å². The molecule has 0 spiro atoms. The molecule has 3 amide bonds. The van der Waals surface area contributed by atoms with E-state index in [9.17, 15) is 14.4 Å². The molecule has 0 saturated carbocycles. The minimum Gasteiger partial charge on any atom is -0.444 e. The third-order valence-corrected chi connectivity index (χ3v) is 4.17. The van der Waals surface area contributed by atoms with E-state index in [1.807, 2.05) is 31.2 Å². The fraction of sp³-hybridized carbons (Fsp3) is 0.550. The van der Waals surface area contributed by atoms with Gasteiger partial charge in [0.2, 0.25) is 11.8 Å². The predicted molar refractivity (Wildman–Crippen MR) is 102 cm³/mol. The summed E-state index contributed by atoms with van der Waals surface area (Å²) in [4.78, 5) is 38.6. The van der Waals surface area contributed by atoms with Crippen LogP contribution in [0.25, 0.3) is 0 Å². The van der Waals surface area contributed by atoms with Gasteiger partial charge in [0.05, 0.1) is 13.1 Å². The van der Waals surface area contributed by atoms with E-state index in [0.29, 0.717) is 19.5 Å². The summed E-state index contributed by atoms with van der Waals surface area (Å²) in [5, 5.41) is 5.35. The second-order valence-electron chi connectivity index (χ2n) is 7.66. The van der Waals surface area contributed by atoms with E-state index < -0.39 is 17.7 Å². The highest BCUT2D eigenvalue weighted by Gasteiger charge is 2.36. The number of fused-ring (bicyclic) bond motifs is 1. The maximum Gasteiger partial charge on any atom is 0.411 e. The van der Waals surface area contributed by atoms with Crippen LogP contribution in [-0.2, 0) is 27.3 Å². The second-order valence-corrected chi connectivity index (χ2v) is 7.66. The number of rotatable bonds is 5. The van der Waals surface area contributed by atoms with E-state index in [0.717, 1.165) is 17.5 Å². The van der Waals surface area contributed by atoms with Crippen molar-refractivity contribution in [1.29, 1.82) is 0 Å². The maximum absolute atomic E-state index is 12.7. The molecule has 0 aliphatic carbocycles. The lowest BCUT2D eigenvalue weighted by Gasteiger charge is -2.36. The van der Waals surface area contributed by atoms with Crippen LogP contribution in [0, 0.1) is 0 Å². The van der Waals surface area contributed by atoms with Gasteiger partial charge in [-0.05, 0) is 38.3 Å². The lowest BCUT2D eigenvalue weighted by atomic mass is 9.94. The zero-order chi connectivity index (χ0) is 20.0. The van der Waals surface area contributed by atoms with Crippen LogP contribution in [0.4, 0.5) is 4.79 Å². The highest BCUT2D eigenvalue weighted by Crippen LogP contribution is 2.25. The summed E-state index contributed by atoms with van der Waals surface area (Å²) >= 11 is 0. The van der Waals surface area contributed by atoms with E-state index in [-0.39, 0.29) is 18.4 Å². The topological polar surface area (TPSA) is 87.7 Å². The Morgan fingerprint density at radius 1 is 1.15 bits per heavy atom. The van der Waals surface area contributed by atoms with Crippen LogP contribution >= 0.6 is 0 Å². The van der Waals surface area contributed by atoms with Gasteiger partial charge in [-0.25, -0.2) is 4.79 Å². The van der Waals surface area contributed by atoms with Crippen LogP contribution in [0.3, 0.4) is 0 Å². The predicted octanol–water partition coefficient (Wildman–Crippen LogP) is 1.99. The molecule has 1 aliphatic heterocycles. The quantitative estimate of drug-likeness (QED) is 0.824. The third-order valence-electron chi connectivity index (χ3n) is 4.17. The van der Waals surface area contributed by atoms with Crippen molar-refractivity contribution in [2.24, 2.45) is 0 Å². The number of carbonyl (C=O) groups is 3. The molecule has 0 unspecified atom stereocenters. The number of nitrogens with zero attached hydrogens (tertiary/aromatic N) is 1. The first kappa shape index (κ1) is 20.7. The zero-order valence-corrected chi connectivity index (χ0v) is 16.5. The van der Waals surface area contributed by atoms with Crippen molar-refractivity contribution in [2.45, 2.75) is 58.7 Å². The lowest BCUT2D eigenvalue weighted by molar-refractivity contribution is -0.130. The van der Waals surface area contributed by atoms with Gasteiger partial charge >= 0.3 is 6.09 Å². The Labute approximate surface area is 160 Å². The fourth-order valence-electron chi connectivity index (χ4n) is 2.88. The van der Waals surface area contributed by atoms with Gasteiger partial charge in [-0.1, -0.05) is 31.2 Å². The first-order chi connectivity index (χ1) is 12.7. The smallest absolute Gasteiger partial charge is 0.411 e. The van der Waals surface area contributed by atoms with Gasteiger partial charge < -0.3 is 15.4 Å². The van der Waals surface area contributed by atoms with Crippen LogP contribution < -0.4 is 10.6 Å². The van der Waals surface area contributed by atoms with Gasteiger partial charge in [-0.3, -0.25) is 14.5 Å². The number of amides is 3. The van der Waals surface area contributed by atoms with Crippen LogP contribution in [0.5, 0.6) is 0 Å². The lowest BCUT2D eigenvalue weighted by Crippen LogP contribution is -2.54. The molecule has 27 heavy (non-hydrogen) atoms. The van der Waals surface area contributed by atoms with Crippen molar-refractivity contribution in [3.8, 4) is 0 Å². The van der Waals surface area contributed by atoms with E-state index in [1.54, 1.807) is 20.8 Å². The molecule has 1 aliphatic rings. The molecule has 0 fully saturated rings. The van der Waals surface area contributed by atoms with Gasteiger partial charge in [0, 0.05) is 13.0 Å². The van der Waals surface area contributed by atoms with Crippen LogP contribution in [0.1, 0.15) is 45.2 Å². The Morgan fingerprint density at radius 3 is 2.44 bits per heavy atom. The van der Waals surface area contributed by atoms with Crippen LogP contribution in [0.2, 0.25) is 0 Å². The molecule has 1 aromatic rings. The van der Waals surface area contributed by atoms with Crippen molar-refractivity contribution in [3.63, 3.8) is 0 Å². The minimum atomic E-state index is -0.714. The summed E-state index contributed by atoms with van der Waals surface area (Å²) in [7, 11) is 0. The molecule has 1 heterocycles. The largest absolute Gasteiger partial charge is 0.444 e. The normalized spacial score (nSPS) is 16.3. The van der Waals surface area contributed by atoms with E-state index in [2.05, 4.69) is 10.6 Å². The Bertz CT molecular complexity index is 697. The van der Waals surface area contributed by atoms with Gasteiger partial charge in [0.15, 0.2) is 0 Å². The van der Waals surface area contributed by atoms with Gasteiger partial charge in [0.1, 0.15) is 11.6 Å². The Kier molecular flexibility index (Phi) is 6.82. The molecule has 7 nitrogen and oxygen atoms in total. The number of ether oxygens (including phenoxy) is 1. The molecule has 1 atom stereocenters. The number of hydrogen-bond donors (Lipinski definition) is 2. The first-order valence-corrected chi connectivity index (χ1v) is 9.32. The number of hydrogen-bond acceptors (Lipinski definition) is 4. The van der Waals surface area contributed by atoms with Crippen molar-refractivity contribution < 1.29 is 19.1 Å². The molecule has 2 rings (SSSR count). The summed E-state index contributed by atoms with van der Waals surface area (Å²) < 4.78 is 5.48. The molecule has 0 saturated heterocycles. The van der Waals surface area contributed by atoms with Gasteiger partial charge in [0.25, 0.3) is 0 Å². The summed E-state index contributed by atoms with van der Waals surface area (Å²) in [6.45, 7) is 8.07. The summed E-state index contributed by atoms with van der Waals surface area (Å²) in [5.41, 5.74) is 1.36. The number of nitrogens with one attached hydrogen (secondary N) is 2. The minimum absolute atomic E-state index is 0.112. The monoisotopic (exact) mass is 375 g/mol. The Balaban J connectivity index is 2.12. The van der Waals surface area contributed by atoms with E-state index >= 15 is 0 Å². The Hall–Kier alpha value is -2.57. The first-order valence-electron chi connectivity index (χ1n) is 9.32. The molecule has 1 aromatic carbocycles. The molecule has 0 aromatic heterocycles. The fourth-order valence-corrected chi connectivity index (χ4v) is 2.88. The van der Waals surface area contributed by atoms with Gasteiger partial charge in [-0.15, -0.1) is 0 Å². The maximum atomic E-state index is 12.7. The average molecular weight is 375 g/mol. The average Bonchev–Trinajstić information content (AvgIpc) is 2.61. The highest BCUT2D eigenvalue weighted by molar-refractivity contribution is 5.90. The molecule has 148 valence electrons. The molecular weight excluding hydrogens is 346 g/mol. The molecule has 7 heteroatoms. The van der Waals surface area contributed by atoms with Crippen molar-refractivity contribution in [2.75, 3.05) is 13.1 Å². The zero-order valence-electron chi connectivity index (χ0n) is 16.5. The van der Waals surface area contributed by atoms with Crippen LogP contribution in [0.15, 0.2) is 24.3 Å². The molecule has 0 bridgehead atoms. The van der Waals surface area contributed by atoms with E-state index in [1.165, 1.54) is 4.90 Å². The number of benzene rings is 1. The van der Waals surface area contributed by atoms with Gasteiger partial charge in [-0.2, -0.15) is 0 Å². The standard InChI is InChI=1S/C20H29N3O4/c1-5-10-21-17(24)12-22-18(25)16-11-14-8-6-7-9-15(14)13-23(16)19(26)27-20(2,3)4/h6-9,16H,5,10-13H2,1-4H3,(H,21,24)(H,22,25)/t16-/m0/s1. The molecule has 0 radical (unpaired) electrons. The SMILES string of the molecule is CCCNC(=O)CNC(=O)[C@@H]1Cc2ccccc2CN1C(=O)OC(C)(C)C. The Morgan fingerprint density at radius 2 is 1.81 bits per heavy atom. The van der Waals surface area contributed by atoms with Crippen molar-refractivity contribution in [1.82, 2.24) is 15.5 Å². The summed E-state index contributed by atoms with van der Waals surface area (Å²) in [5.74, 6) is -0.604. The molecular formula is C20H29N3O4. The van der Waals surface area contributed by atoms with E-state index in [4.69, 9.17) is 4.74 Å². The summed E-state index contributed by atoms with van der Waals surface area (Å²) in [6, 6.07) is 7.00. The van der Waals surface area contributed by atoms with Crippen molar-refractivity contribution >= 4 is 17.9 Å². The second kappa shape index (κ2) is 8.88. The third kappa shape index (κ3) is 5.98. The number of carbonyl (C=O) groups excluding carboxylic acids is 3. The highest BCUT2D eigenvalue weighted by atomic mass is 16.6.